The summed E-state index contributed by atoms with van der Waals surface area (Å²) >= 11 is 0. The topological polar surface area (TPSA) is 531 Å². The van der Waals surface area contributed by atoms with E-state index in [0.29, 0.717) is 42.5 Å². The molecule has 410 valence electrons. The molecule has 79 heavy (non-hydrogen) atoms. The van der Waals surface area contributed by atoms with Crippen LogP contribution in [-0.2, 0) is 28.4 Å². The molecule has 31 heteroatoms. The molecule has 1 fully saturated rings. The Labute approximate surface area is 433 Å². The maximum absolute atomic E-state index is 15.3. The number of benzene rings is 6. The zero-order valence-electron chi connectivity index (χ0n) is 38.5. The van der Waals surface area contributed by atoms with Crippen molar-refractivity contribution in [3.05, 3.63) is 75.8 Å². The Morgan fingerprint density at radius 2 is 0.848 bits per heavy atom. The Morgan fingerprint density at radius 3 is 1.37 bits per heavy atom. The van der Waals surface area contributed by atoms with Crippen LogP contribution in [-0.4, -0.2) is 165 Å². The van der Waals surface area contributed by atoms with Crippen molar-refractivity contribution in [1.82, 2.24) is 0 Å². The van der Waals surface area contributed by atoms with Gasteiger partial charge >= 0.3 is 35.8 Å². The largest absolute Gasteiger partial charge is 0.504 e. The second kappa shape index (κ2) is 18.7. The first-order valence-corrected chi connectivity index (χ1v) is 21.7. The number of phenolic OH excluding ortho intramolecular Hbond substituents is 17. The van der Waals surface area contributed by atoms with Crippen LogP contribution in [0.3, 0.4) is 0 Å². The van der Waals surface area contributed by atoms with Gasteiger partial charge in [-0.2, -0.15) is 0 Å². The minimum Gasteiger partial charge on any atom is -0.504 e. The van der Waals surface area contributed by atoms with Crippen LogP contribution < -0.4 is 4.74 Å². The average molecular weight is 1100 g/mol. The number of rotatable bonds is 5. The van der Waals surface area contributed by atoms with E-state index in [-0.39, 0.29) is 0 Å². The van der Waals surface area contributed by atoms with Crippen LogP contribution in [0.4, 0.5) is 0 Å². The fraction of sp³-hybridized carbons (Fsp3) is 0.125. The summed E-state index contributed by atoms with van der Waals surface area (Å²) in [5, 5.41) is 193. The number of esters is 5. The van der Waals surface area contributed by atoms with Gasteiger partial charge in [-0.15, -0.1) is 0 Å². The molecule has 0 aromatic heterocycles. The highest BCUT2D eigenvalue weighted by molar-refractivity contribution is 6.11. The number of phenols is 17. The Bertz CT molecular complexity index is 3710. The van der Waals surface area contributed by atoms with Crippen molar-refractivity contribution >= 4 is 35.8 Å². The smallest absolute Gasteiger partial charge is 0.343 e. The van der Waals surface area contributed by atoms with Crippen LogP contribution in [0.15, 0.2) is 42.5 Å². The monoisotopic (exact) mass is 1100 g/mol. The molecule has 3 aliphatic rings. The number of hydrogen-bond acceptors (Lipinski definition) is 30. The fourth-order valence-electron chi connectivity index (χ4n) is 8.50. The summed E-state index contributed by atoms with van der Waals surface area (Å²) in [5.41, 5.74) is -12.0. The summed E-state index contributed by atoms with van der Waals surface area (Å²) in [6.07, 6.45) is -13.2. The lowest BCUT2D eigenvalue weighted by Gasteiger charge is -2.44. The number of hydrogen-bond donors (Lipinski definition) is 18. The van der Waals surface area contributed by atoms with Gasteiger partial charge < -0.3 is 125 Å². The fourth-order valence-corrected chi connectivity index (χ4v) is 8.50. The van der Waals surface area contributed by atoms with Gasteiger partial charge in [-0.05, 0) is 42.5 Å². The van der Waals surface area contributed by atoms with Crippen molar-refractivity contribution in [1.29, 1.82) is 0 Å². The van der Waals surface area contributed by atoms with E-state index in [1.54, 1.807) is 0 Å². The van der Waals surface area contributed by atoms with Gasteiger partial charge in [0.1, 0.15) is 18.3 Å². The second-order valence-corrected chi connectivity index (χ2v) is 16.9. The molecule has 6 aromatic carbocycles. The molecule has 31 nitrogen and oxygen atoms in total. The number of ether oxygens (including phenoxy) is 7. The molecule has 0 saturated carbocycles. The summed E-state index contributed by atoms with van der Waals surface area (Å²) in [6.45, 7) is -1.42. The zero-order chi connectivity index (χ0) is 57.7. The Hall–Kier alpha value is -11.5. The number of carboxylic acids is 1. The van der Waals surface area contributed by atoms with Gasteiger partial charge in [0.15, 0.2) is 87.0 Å². The predicted molar refractivity (Wildman–Crippen MR) is 244 cm³/mol. The van der Waals surface area contributed by atoms with Crippen LogP contribution in [0.5, 0.6) is 109 Å². The van der Waals surface area contributed by atoms with Gasteiger partial charge in [-0.3, -0.25) is 0 Å². The Morgan fingerprint density at radius 1 is 0.418 bits per heavy atom. The minimum atomic E-state index is -2.74. The van der Waals surface area contributed by atoms with E-state index in [1.807, 2.05) is 0 Å². The Kier molecular flexibility index (Phi) is 12.4. The van der Waals surface area contributed by atoms with Crippen molar-refractivity contribution in [3.63, 3.8) is 0 Å². The standard InChI is InChI=1S/C48H32O31/c49-14-2-10(3-15(50)27(14)55)43(68)79-48-41-40(77-45(70)12-6-18(53)29(57)32(60)22(12)23-13(46(71)78-41)7-19(54)30(58)33(23)61)38-21(75-48)8-73-44(69)11-5-17(52)31(59)34(62)24(11)25-26(47(72)76-38)39(37(65)36(64)35(25)63)74-20-4-9(42(66)67)1-16(51)28(20)56/h1-7,21,38,40-41,48-65H,8H2,(H,66,67)/t21-,38+,40-,41-,48+/m1/s1. The Balaban J connectivity index is 1.32. The number of carbonyl (C=O) groups is 6. The molecule has 9 rings (SSSR count). The molecule has 3 aliphatic heterocycles. The summed E-state index contributed by atoms with van der Waals surface area (Å²) in [6, 6.07) is 2.98. The van der Waals surface area contributed by atoms with E-state index in [4.69, 9.17) is 33.2 Å². The number of fused-ring (bicyclic) bond motifs is 9. The van der Waals surface area contributed by atoms with Gasteiger partial charge in [-0.1, -0.05) is 0 Å². The van der Waals surface area contributed by atoms with Gasteiger partial charge in [0.25, 0.3) is 0 Å². The summed E-state index contributed by atoms with van der Waals surface area (Å²) in [4.78, 5) is 84.7. The second-order valence-electron chi connectivity index (χ2n) is 16.9. The number of carboxylic acid groups (broad SMARTS) is 1. The predicted octanol–water partition coefficient (Wildman–Crippen LogP) is 2.55. The molecule has 18 N–H and O–H groups in total. The van der Waals surface area contributed by atoms with Gasteiger partial charge in [0.2, 0.25) is 46.9 Å². The van der Waals surface area contributed by atoms with E-state index in [2.05, 4.69) is 0 Å². The van der Waals surface area contributed by atoms with Crippen LogP contribution in [0.25, 0.3) is 22.3 Å². The summed E-state index contributed by atoms with van der Waals surface area (Å²) in [5.74, 6) is -38.6. The number of cyclic esters (lactones) is 1. The van der Waals surface area contributed by atoms with Crippen molar-refractivity contribution in [2.75, 3.05) is 6.61 Å². The van der Waals surface area contributed by atoms with Gasteiger partial charge in [0.05, 0.1) is 33.4 Å². The third-order valence-corrected chi connectivity index (χ3v) is 12.2. The van der Waals surface area contributed by atoms with Gasteiger partial charge in [-0.25, -0.2) is 28.8 Å². The molecule has 0 unspecified atom stereocenters. The van der Waals surface area contributed by atoms with Crippen molar-refractivity contribution in [3.8, 4) is 131 Å². The van der Waals surface area contributed by atoms with Gasteiger partial charge in [0, 0.05) is 16.7 Å². The van der Waals surface area contributed by atoms with Crippen LogP contribution in [0, 0.1) is 0 Å². The van der Waals surface area contributed by atoms with E-state index in [1.165, 1.54) is 0 Å². The molecule has 0 aliphatic carbocycles. The van der Waals surface area contributed by atoms with Crippen LogP contribution >= 0.6 is 0 Å². The lowest BCUT2D eigenvalue weighted by atomic mass is 9.90. The average Bonchev–Trinajstić information content (AvgIpc) is 3.58. The maximum atomic E-state index is 15.3. The minimum absolute atomic E-state index is 0.335. The SMILES string of the molecule is O=C(O)c1cc(O)c(O)c(Oc2c(O)c(O)c(O)c3c2C(=O)O[C@@H]2[C@H]4OC(=O)c5cc(O)c(O)c(O)c5-c5c(cc(O)c(O)c5O)C(=O)O[C@H]4[C@H](OC(=O)c4cc(O)c(O)c(O)c4)O[C@@H]2COC(=O)c2cc(O)c(O)c(O)c2-3)c1. The number of aromatic hydroxyl groups is 17. The highest BCUT2D eigenvalue weighted by Crippen LogP contribution is 2.59. The molecule has 0 spiro atoms. The molecular formula is C48H32O31. The molecule has 0 amide bonds. The molecule has 0 bridgehead atoms. The molecule has 1 saturated heterocycles. The molecule has 0 radical (unpaired) electrons. The highest BCUT2D eigenvalue weighted by Gasteiger charge is 2.56. The normalized spacial score (nSPS) is 18.7. The number of aromatic carboxylic acids is 1. The lowest BCUT2D eigenvalue weighted by molar-refractivity contribution is -0.282. The molecule has 3 heterocycles. The van der Waals surface area contributed by atoms with E-state index in [0.717, 1.165) is 0 Å². The number of carbonyl (C=O) groups excluding carboxylic acids is 5. The summed E-state index contributed by atoms with van der Waals surface area (Å²) < 4.78 is 39.4. The quantitative estimate of drug-likeness (QED) is 0.0670. The molecular weight excluding hydrogens is 1070 g/mol. The first kappa shape index (κ1) is 52.4. The first-order chi connectivity index (χ1) is 37.1. The maximum Gasteiger partial charge on any atom is 0.343 e. The van der Waals surface area contributed by atoms with Crippen LogP contribution in [0.2, 0.25) is 0 Å². The van der Waals surface area contributed by atoms with E-state index >= 15 is 4.79 Å². The molecule has 5 atom stereocenters. The summed E-state index contributed by atoms with van der Waals surface area (Å²) in [7, 11) is 0. The third kappa shape index (κ3) is 8.40. The highest BCUT2D eigenvalue weighted by atomic mass is 16.7. The van der Waals surface area contributed by atoms with Crippen molar-refractivity contribution < 1.29 is 154 Å². The zero-order valence-corrected chi connectivity index (χ0v) is 38.5. The van der Waals surface area contributed by atoms with E-state index < -0.39 is 238 Å². The van der Waals surface area contributed by atoms with Crippen molar-refractivity contribution in [2.45, 2.75) is 30.7 Å². The van der Waals surface area contributed by atoms with Crippen molar-refractivity contribution in [2.24, 2.45) is 0 Å². The van der Waals surface area contributed by atoms with Crippen LogP contribution in [0.1, 0.15) is 62.1 Å². The lowest BCUT2D eigenvalue weighted by Crippen LogP contribution is -2.63. The third-order valence-electron chi connectivity index (χ3n) is 12.2. The van der Waals surface area contributed by atoms with E-state index in [9.17, 15) is 116 Å². The molecule has 6 aromatic rings. The first-order valence-electron chi connectivity index (χ1n) is 21.7.